The van der Waals surface area contributed by atoms with Gasteiger partial charge in [0.15, 0.2) is 10.8 Å². The van der Waals surface area contributed by atoms with Crippen molar-refractivity contribution in [1.29, 1.82) is 10.5 Å². The van der Waals surface area contributed by atoms with Gasteiger partial charge in [0, 0.05) is 5.92 Å². The molecule has 0 amide bonds. The van der Waals surface area contributed by atoms with Crippen LogP contribution in [0.25, 0.3) is 0 Å². The van der Waals surface area contributed by atoms with Crippen molar-refractivity contribution >= 4 is 5.84 Å². The lowest BCUT2D eigenvalue weighted by molar-refractivity contribution is -0.693. The second kappa shape index (κ2) is 4.73. The van der Waals surface area contributed by atoms with E-state index in [1.807, 2.05) is 20.8 Å². The molecule has 3 atom stereocenters. The van der Waals surface area contributed by atoms with Crippen LogP contribution in [0.1, 0.15) is 33.6 Å². The molecule has 1 fully saturated rings. The lowest BCUT2D eigenvalue weighted by atomic mass is 9.93. The van der Waals surface area contributed by atoms with Gasteiger partial charge in [0.05, 0.1) is 25.4 Å². The maximum absolute atomic E-state index is 9.80. The lowest BCUT2D eigenvalue weighted by Gasteiger charge is -2.29. The number of rotatable bonds is 6. The minimum Gasteiger partial charge on any atom is -0.314 e. The Morgan fingerprint density at radius 3 is 2.20 bits per heavy atom. The third kappa shape index (κ3) is 1.31. The van der Waals surface area contributed by atoms with Crippen LogP contribution in [0.2, 0.25) is 0 Å². The van der Waals surface area contributed by atoms with Crippen LogP contribution >= 0.6 is 0 Å². The van der Waals surface area contributed by atoms with Crippen LogP contribution in [0, 0.1) is 39.4 Å². The second-order valence-electron chi connectivity index (χ2n) is 5.20. The van der Waals surface area contributed by atoms with Gasteiger partial charge in [-0.05, 0) is 20.3 Å². The Balaban J connectivity index is 2.57. The summed E-state index contributed by atoms with van der Waals surface area (Å²) in [5.41, 5.74) is 3.97. The number of ether oxygens (including phenoxy) is 2. The van der Waals surface area contributed by atoms with Crippen molar-refractivity contribution in [2.24, 2.45) is 22.5 Å². The normalized spacial score (nSPS) is 36.6. The molecule has 0 unspecified atom stereocenters. The Labute approximate surface area is 119 Å². The molecular formula is C14H21N4O2+. The molecule has 1 aliphatic carbocycles. The Kier molecular flexibility index (Phi) is 3.49. The molecule has 2 rings (SSSR count). The van der Waals surface area contributed by atoms with E-state index in [1.54, 1.807) is 0 Å². The number of hydrogen-bond donors (Lipinski definition) is 2. The fraction of sp³-hybridized carbons (Fsp3) is 0.786. The monoisotopic (exact) mass is 277 g/mol. The maximum Gasteiger partial charge on any atom is 0.342 e. The molecule has 0 bridgehead atoms. The van der Waals surface area contributed by atoms with Crippen molar-refractivity contribution < 1.29 is 14.5 Å². The zero-order valence-corrected chi connectivity index (χ0v) is 12.2. The maximum atomic E-state index is 9.80. The third-order valence-electron chi connectivity index (χ3n) is 4.45. The van der Waals surface area contributed by atoms with Crippen LogP contribution in [-0.2, 0) is 9.47 Å². The van der Waals surface area contributed by atoms with E-state index in [9.17, 15) is 10.5 Å². The fourth-order valence-electron chi connectivity index (χ4n) is 3.75. The van der Waals surface area contributed by atoms with E-state index in [1.165, 1.54) is 0 Å². The molecule has 0 saturated heterocycles. The summed E-state index contributed by atoms with van der Waals surface area (Å²) in [4.78, 5) is 2.95. The van der Waals surface area contributed by atoms with E-state index in [0.717, 1.165) is 12.8 Å². The Morgan fingerprint density at radius 2 is 1.80 bits per heavy atom. The topological polar surface area (TPSA) is 106 Å². The molecule has 6 heteroatoms. The molecule has 108 valence electrons. The first-order chi connectivity index (χ1) is 9.56. The predicted octanol–water partition coefficient (Wildman–Crippen LogP) is -0.386. The Bertz CT molecular complexity index is 512. The highest BCUT2D eigenvalue weighted by molar-refractivity contribution is 5.93. The summed E-state index contributed by atoms with van der Waals surface area (Å²) in [6.07, 6.45) is 1.62. The average Bonchev–Trinajstić information content (AvgIpc) is 2.96. The molecule has 0 spiro atoms. The first-order valence-corrected chi connectivity index (χ1v) is 7.08. The van der Waals surface area contributed by atoms with Crippen molar-refractivity contribution in [3.8, 4) is 12.1 Å². The molecule has 20 heavy (non-hydrogen) atoms. The number of hydrogen-bond acceptors (Lipinski definition) is 5. The molecule has 6 nitrogen and oxygen atoms in total. The number of nitrogens with zero attached hydrogens (tertiary/aromatic N) is 2. The van der Waals surface area contributed by atoms with E-state index in [2.05, 4.69) is 17.1 Å². The van der Waals surface area contributed by atoms with Crippen molar-refractivity contribution in [1.82, 2.24) is 0 Å². The van der Waals surface area contributed by atoms with Crippen molar-refractivity contribution in [2.45, 2.75) is 39.5 Å². The molecule has 1 heterocycles. The highest BCUT2D eigenvalue weighted by Crippen LogP contribution is 2.75. The van der Waals surface area contributed by atoms with Crippen LogP contribution in [0.4, 0.5) is 0 Å². The predicted molar refractivity (Wildman–Crippen MR) is 70.6 cm³/mol. The van der Waals surface area contributed by atoms with E-state index in [4.69, 9.17) is 15.2 Å². The SMILES string of the molecule is CCC[C@@H]1[C@]2(C#N)C(N)=[NH+]C(OCC)(OCC)[C@]12C#N. The Morgan fingerprint density at radius 1 is 1.20 bits per heavy atom. The summed E-state index contributed by atoms with van der Waals surface area (Å²) in [5.74, 6) is -1.18. The van der Waals surface area contributed by atoms with Gasteiger partial charge in [-0.25, -0.2) is 4.99 Å². The van der Waals surface area contributed by atoms with Crippen LogP contribution in [0.5, 0.6) is 0 Å². The van der Waals surface area contributed by atoms with Crippen molar-refractivity contribution in [2.75, 3.05) is 13.2 Å². The largest absolute Gasteiger partial charge is 0.342 e. The number of nitrogens with one attached hydrogen (secondary N) is 1. The second-order valence-corrected chi connectivity index (χ2v) is 5.20. The summed E-state index contributed by atoms with van der Waals surface area (Å²) in [6.45, 7) is 6.41. The van der Waals surface area contributed by atoms with Gasteiger partial charge in [0.2, 0.25) is 0 Å². The highest BCUT2D eigenvalue weighted by atomic mass is 16.7. The highest BCUT2D eigenvalue weighted by Gasteiger charge is 2.96. The molecule has 3 N–H and O–H groups in total. The first kappa shape index (κ1) is 14.8. The van der Waals surface area contributed by atoms with Crippen molar-refractivity contribution in [3.63, 3.8) is 0 Å². The van der Waals surface area contributed by atoms with Gasteiger partial charge >= 0.3 is 5.91 Å². The molecule has 1 aliphatic heterocycles. The van der Waals surface area contributed by atoms with Crippen LogP contribution in [0.15, 0.2) is 0 Å². The molecule has 0 aromatic carbocycles. The summed E-state index contributed by atoms with van der Waals surface area (Å²) in [7, 11) is 0. The minimum atomic E-state index is -1.31. The smallest absolute Gasteiger partial charge is 0.314 e. The standard InChI is InChI=1S/C14H20N4O2/c1-4-7-10-12(8-15)11(17)18-14(19-5-2,20-6-3)13(10,12)9-16/h10H,4-7H2,1-3H3,(H2,17,18)/p+1/t10-,12-,13-/m1/s1. The summed E-state index contributed by atoms with van der Waals surface area (Å²) in [5, 5.41) is 19.4. The Hall–Kier alpha value is -1.63. The molecule has 0 aromatic rings. The van der Waals surface area contributed by atoms with Gasteiger partial charge in [-0.3, -0.25) is 5.73 Å². The summed E-state index contributed by atoms with van der Waals surface area (Å²) >= 11 is 0. The van der Waals surface area contributed by atoms with Gasteiger partial charge in [-0.15, -0.1) is 0 Å². The van der Waals surface area contributed by atoms with E-state index in [-0.39, 0.29) is 5.92 Å². The first-order valence-electron chi connectivity index (χ1n) is 7.08. The zero-order valence-electron chi connectivity index (χ0n) is 12.2. The average molecular weight is 277 g/mol. The van der Waals surface area contributed by atoms with Crippen LogP contribution < -0.4 is 10.7 Å². The molecule has 2 aliphatic rings. The molecule has 0 radical (unpaired) electrons. The van der Waals surface area contributed by atoms with Gasteiger partial charge in [-0.2, -0.15) is 10.5 Å². The zero-order chi connectivity index (χ0) is 15.0. The number of amidine groups is 1. The van der Waals surface area contributed by atoms with E-state index >= 15 is 0 Å². The number of nitriles is 2. The third-order valence-corrected chi connectivity index (χ3v) is 4.45. The molecule has 0 aromatic heterocycles. The quantitative estimate of drug-likeness (QED) is 0.643. The lowest BCUT2D eigenvalue weighted by Crippen LogP contribution is -2.91. The van der Waals surface area contributed by atoms with Gasteiger partial charge in [0.25, 0.3) is 5.84 Å². The van der Waals surface area contributed by atoms with Crippen LogP contribution in [0.3, 0.4) is 0 Å². The summed E-state index contributed by atoms with van der Waals surface area (Å²) in [6, 6.07) is 4.55. The van der Waals surface area contributed by atoms with Gasteiger partial charge in [0.1, 0.15) is 0 Å². The molecular weight excluding hydrogens is 256 g/mol. The summed E-state index contributed by atoms with van der Waals surface area (Å²) < 4.78 is 11.5. The van der Waals surface area contributed by atoms with Gasteiger partial charge < -0.3 is 9.47 Å². The number of fused-ring (bicyclic) bond motifs is 1. The van der Waals surface area contributed by atoms with E-state index < -0.39 is 16.7 Å². The molecule has 1 saturated carbocycles. The van der Waals surface area contributed by atoms with Crippen LogP contribution in [-0.4, -0.2) is 25.0 Å². The minimum absolute atomic E-state index is 0.158. The van der Waals surface area contributed by atoms with Crippen molar-refractivity contribution in [3.05, 3.63) is 0 Å². The van der Waals surface area contributed by atoms with E-state index in [0.29, 0.717) is 19.0 Å². The fourth-order valence-corrected chi connectivity index (χ4v) is 3.75. The number of nitrogens with two attached hydrogens (primary N) is 1. The van der Waals surface area contributed by atoms with Gasteiger partial charge in [-0.1, -0.05) is 13.3 Å².